The molecule has 0 aliphatic carbocycles. The third-order valence-electron chi connectivity index (χ3n) is 2.76. The summed E-state index contributed by atoms with van der Waals surface area (Å²) in [7, 11) is -3.57. The second-order valence-corrected chi connectivity index (χ2v) is 7.61. The number of rotatable bonds is 7. The monoisotopic (exact) mass is 351 g/mol. The maximum atomic E-state index is 11.8. The average Bonchev–Trinajstić information content (AvgIpc) is 2.91. The van der Waals surface area contributed by atoms with Crippen molar-refractivity contribution in [3.8, 4) is 0 Å². The molecule has 0 atom stereocenters. The minimum absolute atomic E-state index is 0.0255. The molecule has 1 amide bonds. The second-order valence-electron chi connectivity index (χ2n) is 4.73. The van der Waals surface area contributed by atoms with Gasteiger partial charge >= 0.3 is 0 Å². The first-order valence-corrected chi connectivity index (χ1v) is 9.26. The molecule has 23 heavy (non-hydrogen) atoms. The Bertz CT molecular complexity index is 783. The standard InChI is InChI=1S/C15H17N3O3S2/c1-12-11-16-15(22-12)18-14(19)7-9-17-23(20,21)10-8-13-5-3-2-4-6-13/h2-6,8,10-11,17H,7,9H2,1H3,(H,16,18,19)/b10-8+. The van der Waals surface area contributed by atoms with Gasteiger partial charge in [0.25, 0.3) is 0 Å². The SMILES string of the molecule is Cc1cnc(NC(=O)CCNS(=O)(=O)/C=C/c2ccccc2)s1. The highest BCUT2D eigenvalue weighted by Crippen LogP contribution is 2.16. The lowest BCUT2D eigenvalue weighted by Crippen LogP contribution is -2.26. The van der Waals surface area contributed by atoms with Gasteiger partial charge in [-0.3, -0.25) is 4.79 Å². The van der Waals surface area contributed by atoms with E-state index < -0.39 is 10.0 Å². The summed E-state index contributed by atoms with van der Waals surface area (Å²) in [4.78, 5) is 16.7. The van der Waals surface area contributed by atoms with Crippen LogP contribution in [0.15, 0.2) is 41.9 Å². The van der Waals surface area contributed by atoms with Crippen molar-refractivity contribution in [2.24, 2.45) is 0 Å². The molecule has 1 heterocycles. The molecular formula is C15H17N3O3S2. The number of carbonyl (C=O) groups excluding carboxylic acids is 1. The number of sulfonamides is 1. The van der Waals surface area contributed by atoms with Crippen molar-refractivity contribution in [3.05, 3.63) is 52.4 Å². The van der Waals surface area contributed by atoms with E-state index in [2.05, 4.69) is 15.0 Å². The van der Waals surface area contributed by atoms with Gasteiger partial charge in [-0.05, 0) is 18.6 Å². The highest BCUT2D eigenvalue weighted by Gasteiger charge is 2.08. The minimum atomic E-state index is -3.57. The van der Waals surface area contributed by atoms with Crippen LogP contribution in [0.2, 0.25) is 0 Å². The lowest BCUT2D eigenvalue weighted by molar-refractivity contribution is -0.116. The zero-order chi connectivity index (χ0) is 16.7. The van der Waals surface area contributed by atoms with Crippen LogP contribution in [0.4, 0.5) is 5.13 Å². The fraction of sp³-hybridized carbons (Fsp3) is 0.200. The van der Waals surface area contributed by atoms with Crippen LogP contribution < -0.4 is 10.0 Å². The summed E-state index contributed by atoms with van der Waals surface area (Å²) < 4.78 is 26.0. The lowest BCUT2D eigenvalue weighted by atomic mass is 10.2. The van der Waals surface area contributed by atoms with E-state index >= 15 is 0 Å². The highest BCUT2D eigenvalue weighted by molar-refractivity contribution is 7.92. The zero-order valence-corrected chi connectivity index (χ0v) is 14.2. The van der Waals surface area contributed by atoms with E-state index in [0.29, 0.717) is 5.13 Å². The number of aromatic nitrogens is 1. The molecular weight excluding hydrogens is 334 g/mol. The molecule has 6 nitrogen and oxygen atoms in total. The Balaban J connectivity index is 1.78. The van der Waals surface area contributed by atoms with Crippen LogP contribution in [0.25, 0.3) is 6.08 Å². The molecule has 0 unspecified atom stereocenters. The van der Waals surface area contributed by atoms with Crippen molar-refractivity contribution in [1.29, 1.82) is 0 Å². The third kappa shape index (κ3) is 6.31. The van der Waals surface area contributed by atoms with Crippen LogP contribution in [0.1, 0.15) is 16.9 Å². The molecule has 0 saturated carbocycles. The highest BCUT2D eigenvalue weighted by atomic mass is 32.2. The van der Waals surface area contributed by atoms with E-state index in [1.807, 2.05) is 25.1 Å². The van der Waals surface area contributed by atoms with Gasteiger partial charge in [0, 0.05) is 29.4 Å². The molecule has 0 spiro atoms. The number of anilines is 1. The normalized spacial score (nSPS) is 11.7. The first-order chi connectivity index (χ1) is 10.9. The Morgan fingerprint density at radius 2 is 2.04 bits per heavy atom. The fourth-order valence-electron chi connectivity index (χ4n) is 1.68. The molecule has 0 aliphatic heterocycles. The molecule has 2 rings (SSSR count). The van der Waals surface area contributed by atoms with E-state index in [1.165, 1.54) is 17.4 Å². The molecule has 0 fully saturated rings. The van der Waals surface area contributed by atoms with Gasteiger partial charge in [0.1, 0.15) is 0 Å². The molecule has 8 heteroatoms. The average molecular weight is 351 g/mol. The first-order valence-electron chi connectivity index (χ1n) is 6.90. The molecule has 0 aliphatic rings. The number of nitrogens with one attached hydrogen (secondary N) is 2. The molecule has 122 valence electrons. The maximum Gasteiger partial charge on any atom is 0.233 e. The van der Waals surface area contributed by atoms with Crippen molar-refractivity contribution in [2.45, 2.75) is 13.3 Å². The molecule has 0 bridgehead atoms. The summed E-state index contributed by atoms with van der Waals surface area (Å²) in [6.45, 7) is 1.91. The van der Waals surface area contributed by atoms with Crippen molar-refractivity contribution in [2.75, 3.05) is 11.9 Å². The Kier molecular flexibility index (Phi) is 6.03. The van der Waals surface area contributed by atoms with Crippen molar-refractivity contribution in [3.63, 3.8) is 0 Å². The zero-order valence-electron chi connectivity index (χ0n) is 12.5. The summed E-state index contributed by atoms with van der Waals surface area (Å²) in [6, 6.07) is 9.10. The van der Waals surface area contributed by atoms with Gasteiger partial charge in [-0.1, -0.05) is 30.3 Å². The van der Waals surface area contributed by atoms with Crippen LogP contribution in [0.5, 0.6) is 0 Å². The molecule has 2 N–H and O–H groups in total. The number of thiazole rings is 1. The van der Waals surface area contributed by atoms with Crippen LogP contribution in [-0.2, 0) is 14.8 Å². The molecule has 0 radical (unpaired) electrons. The topological polar surface area (TPSA) is 88.2 Å². The van der Waals surface area contributed by atoms with Crippen LogP contribution in [0.3, 0.4) is 0 Å². The fourth-order valence-corrected chi connectivity index (χ4v) is 3.18. The maximum absolute atomic E-state index is 11.8. The molecule has 1 aromatic carbocycles. The first kappa shape index (κ1) is 17.3. The second kappa shape index (κ2) is 8.00. The van der Waals surface area contributed by atoms with E-state index in [4.69, 9.17) is 0 Å². The Morgan fingerprint density at radius 1 is 1.30 bits per heavy atom. The van der Waals surface area contributed by atoms with Gasteiger partial charge in [0.05, 0.1) is 0 Å². The Labute approximate surface area is 139 Å². The van der Waals surface area contributed by atoms with Gasteiger partial charge < -0.3 is 5.32 Å². The molecule has 1 aromatic heterocycles. The predicted molar refractivity (Wildman–Crippen MR) is 92.5 cm³/mol. The molecule has 0 saturated heterocycles. The van der Waals surface area contributed by atoms with Crippen LogP contribution in [0, 0.1) is 6.92 Å². The summed E-state index contributed by atoms with van der Waals surface area (Å²) in [5, 5.41) is 4.22. The number of aryl methyl sites for hydroxylation is 1. The van der Waals surface area contributed by atoms with Gasteiger partial charge in [-0.2, -0.15) is 0 Å². The smallest absolute Gasteiger partial charge is 0.233 e. The number of amides is 1. The summed E-state index contributed by atoms with van der Waals surface area (Å²) >= 11 is 1.37. The van der Waals surface area contributed by atoms with Gasteiger partial charge in [0.15, 0.2) is 5.13 Å². The van der Waals surface area contributed by atoms with Gasteiger partial charge in [0.2, 0.25) is 15.9 Å². The van der Waals surface area contributed by atoms with Gasteiger partial charge in [-0.15, -0.1) is 11.3 Å². The Morgan fingerprint density at radius 3 is 2.70 bits per heavy atom. The summed E-state index contributed by atoms with van der Waals surface area (Å²) in [5.74, 6) is -0.283. The van der Waals surface area contributed by atoms with E-state index in [-0.39, 0.29) is 18.9 Å². The van der Waals surface area contributed by atoms with Crippen molar-refractivity contribution in [1.82, 2.24) is 9.71 Å². The number of hydrogen-bond donors (Lipinski definition) is 2. The lowest BCUT2D eigenvalue weighted by Gasteiger charge is -2.03. The van der Waals surface area contributed by atoms with E-state index in [0.717, 1.165) is 15.8 Å². The van der Waals surface area contributed by atoms with Crippen molar-refractivity contribution >= 4 is 38.5 Å². The van der Waals surface area contributed by atoms with Crippen LogP contribution in [-0.4, -0.2) is 25.9 Å². The number of hydrogen-bond acceptors (Lipinski definition) is 5. The van der Waals surface area contributed by atoms with Crippen molar-refractivity contribution < 1.29 is 13.2 Å². The quantitative estimate of drug-likeness (QED) is 0.801. The Hall–Kier alpha value is -2.03. The number of benzene rings is 1. The van der Waals surface area contributed by atoms with Crippen LogP contribution >= 0.6 is 11.3 Å². The summed E-state index contributed by atoms with van der Waals surface area (Å²) in [6.07, 6.45) is 3.20. The largest absolute Gasteiger partial charge is 0.302 e. The predicted octanol–water partition coefficient (Wildman–Crippen LogP) is 2.37. The minimum Gasteiger partial charge on any atom is -0.302 e. The third-order valence-corrected chi connectivity index (χ3v) is 4.69. The van der Waals surface area contributed by atoms with E-state index in [9.17, 15) is 13.2 Å². The van der Waals surface area contributed by atoms with Gasteiger partial charge in [-0.25, -0.2) is 18.1 Å². The summed E-state index contributed by atoms with van der Waals surface area (Å²) in [5.41, 5.74) is 0.787. The van der Waals surface area contributed by atoms with E-state index in [1.54, 1.807) is 18.3 Å². The number of nitrogens with zero attached hydrogens (tertiary/aromatic N) is 1. The molecule has 2 aromatic rings. The number of carbonyl (C=O) groups is 1.